The average molecular weight is 338 g/mol. The van der Waals surface area contributed by atoms with Crippen LogP contribution in [-0.2, 0) is 4.74 Å². The van der Waals surface area contributed by atoms with Crippen LogP contribution >= 0.6 is 22.6 Å². The van der Waals surface area contributed by atoms with Gasteiger partial charge in [0, 0.05) is 9.77 Å². The number of halogens is 3. The largest absolute Gasteiger partial charge is 0.465 e. The Morgan fingerprint density at radius 1 is 1.69 bits per heavy atom. The lowest BCUT2D eigenvalue weighted by molar-refractivity contribution is 0.0598. The zero-order valence-electron chi connectivity index (χ0n) is 8.00. The standard InChI is InChI=1S/C9H5F2IN2O2/c1-16-9(15)6-4(2-13)7(8(10)11)14-3-5(6)12/h3,8H,1H3. The van der Waals surface area contributed by atoms with Crippen LogP contribution in [0.15, 0.2) is 6.20 Å². The molecule has 0 aliphatic heterocycles. The number of alkyl halides is 2. The van der Waals surface area contributed by atoms with E-state index in [0.29, 0.717) is 3.57 Å². The van der Waals surface area contributed by atoms with Crippen LogP contribution in [0.1, 0.15) is 28.0 Å². The molecule has 0 aliphatic carbocycles. The van der Waals surface area contributed by atoms with E-state index in [2.05, 4.69) is 9.72 Å². The predicted molar refractivity (Wildman–Crippen MR) is 58.0 cm³/mol. The van der Waals surface area contributed by atoms with Crippen molar-refractivity contribution < 1.29 is 18.3 Å². The van der Waals surface area contributed by atoms with E-state index in [-0.39, 0.29) is 5.56 Å². The van der Waals surface area contributed by atoms with Crippen LogP contribution in [0.2, 0.25) is 0 Å². The van der Waals surface area contributed by atoms with E-state index in [0.717, 1.165) is 13.3 Å². The first-order valence-corrected chi connectivity index (χ1v) is 5.05. The van der Waals surface area contributed by atoms with Gasteiger partial charge in [0.15, 0.2) is 0 Å². The number of hydrogen-bond donors (Lipinski definition) is 0. The van der Waals surface area contributed by atoms with Crippen LogP contribution in [0, 0.1) is 14.9 Å². The van der Waals surface area contributed by atoms with Gasteiger partial charge in [0.05, 0.1) is 18.2 Å². The molecule has 0 saturated carbocycles. The fraction of sp³-hybridized carbons (Fsp3) is 0.222. The van der Waals surface area contributed by atoms with Gasteiger partial charge in [-0.3, -0.25) is 4.98 Å². The zero-order chi connectivity index (χ0) is 12.3. The van der Waals surface area contributed by atoms with E-state index in [1.54, 1.807) is 28.7 Å². The lowest BCUT2D eigenvalue weighted by atomic mass is 10.1. The Labute approximate surface area is 103 Å². The topological polar surface area (TPSA) is 63.0 Å². The van der Waals surface area contributed by atoms with Crippen molar-refractivity contribution in [3.63, 3.8) is 0 Å². The third kappa shape index (κ3) is 2.27. The normalized spacial score (nSPS) is 10.0. The molecule has 0 amide bonds. The zero-order valence-corrected chi connectivity index (χ0v) is 10.2. The highest BCUT2D eigenvalue weighted by molar-refractivity contribution is 14.1. The third-order valence-electron chi connectivity index (χ3n) is 1.77. The summed E-state index contributed by atoms with van der Waals surface area (Å²) in [6.07, 6.45) is -1.80. The fourth-order valence-electron chi connectivity index (χ4n) is 1.08. The highest BCUT2D eigenvalue weighted by Crippen LogP contribution is 2.26. The van der Waals surface area contributed by atoms with Gasteiger partial charge in [0.1, 0.15) is 11.8 Å². The van der Waals surface area contributed by atoms with E-state index < -0.39 is 23.7 Å². The summed E-state index contributed by atoms with van der Waals surface area (Å²) in [5.74, 6) is -0.828. The maximum atomic E-state index is 12.5. The number of nitriles is 1. The second kappa shape index (κ2) is 5.16. The van der Waals surface area contributed by atoms with Crippen molar-refractivity contribution in [3.05, 3.63) is 26.6 Å². The molecule has 0 spiro atoms. The summed E-state index contributed by atoms with van der Waals surface area (Å²) in [6, 6.07) is 1.55. The summed E-state index contributed by atoms with van der Waals surface area (Å²) >= 11 is 1.73. The summed E-state index contributed by atoms with van der Waals surface area (Å²) in [6.45, 7) is 0. The minimum atomic E-state index is -2.91. The molecule has 16 heavy (non-hydrogen) atoms. The number of carbonyl (C=O) groups excluding carboxylic acids is 1. The van der Waals surface area contributed by atoms with Gasteiger partial charge in [-0.2, -0.15) is 5.26 Å². The molecule has 0 fully saturated rings. The minimum Gasteiger partial charge on any atom is -0.465 e. The highest BCUT2D eigenvalue weighted by Gasteiger charge is 2.24. The van der Waals surface area contributed by atoms with Crippen molar-refractivity contribution in [2.75, 3.05) is 7.11 Å². The van der Waals surface area contributed by atoms with E-state index in [1.165, 1.54) is 0 Å². The monoisotopic (exact) mass is 338 g/mol. The Balaban J connectivity index is 3.52. The van der Waals surface area contributed by atoms with Crippen LogP contribution in [0.3, 0.4) is 0 Å². The molecule has 4 nitrogen and oxygen atoms in total. The fourth-order valence-corrected chi connectivity index (χ4v) is 1.71. The Morgan fingerprint density at radius 2 is 2.31 bits per heavy atom. The van der Waals surface area contributed by atoms with Crippen molar-refractivity contribution in [3.8, 4) is 6.07 Å². The molecule has 7 heteroatoms. The Morgan fingerprint density at radius 3 is 2.75 bits per heavy atom. The SMILES string of the molecule is COC(=O)c1c(I)cnc(C(F)F)c1C#N. The second-order valence-electron chi connectivity index (χ2n) is 2.65. The van der Waals surface area contributed by atoms with Crippen molar-refractivity contribution in [1.29, 1.82) is 5.26 Å². The third-order valence-corrected chi connectivity index (χ3v) is 2.59. The Kier molecular flexibility index (Phi) is 4.12. The molecule has 1 aromatic heterocycles. The summed E-state index contributed by atoms with van der Waals surface area (Å²) in [5, 5.41) is 8.78. The Hall–Kier alpha value is -1.30. The van der Waals surface area contributed by atoms with Crippen LogP contribution in [0.4, 0.5) is 8.78 Å². The smallest absolute Gasteiger partial charge is 0.340 e. The molecule has 0 N–H and O–H groups in total. The number of rotatable bonds is 2. The van der Waals surface area contributed by atoms with Gasteiger partial charge in [-0.05, 0) is 22.6 Å². The van der Waals surface area contributed by atoms with Crippen molar-refractivity contribution >= 4 is 28.6 Å². The highest BCUT2D eigenvalue weighted by atomic mass is 127. The number of nitrogens with zero attached hydrogens (tertiary/aromatic N) is 2. The van der Waals surface area contributed by atoms with Crippen LogP contribution in [0.5, 0.6) is 0 Å². The van der Waals surface area contributed by atoms with Gasteiger partial charge in [-0.25, -0.2) is 13.6 Å². The molecule has 0 bridgehead atoms. The molecule has 1 heterocycles. The summed E-state index contributed by atoms with van der Waals surface area (Å²) < 4.78 is 29.8. The van der Waals surface area contributed by atoms with Gasteiger partial charge in [0.25, 0.3) is 6.43 Å². The molecular formula is C9H5F2IN2O2. The maximum Gasteiger partial charge on any atom is 0.340 e. The number of carbonyl (C=O) groups is 1. The number of ether oxygens (including phenoxy) is 1. The first-order chi connectivity index (χ1) is 7.52. The lowest BCUT2D eigenvalue weighted by Crippen LogP contribution is -2.11. The summed E-state index contributed by atoms with van der Waals surface area (Å²) in [5.41, 5.74) is -1.31. The number of hydrogen-bond acceptors (Lipinski definition) is 4. The van der Waals surface area contributed by atoms with Gasteiger partial charge < -0.3 is 4.74 Å². The molecule has 0 unspecified atom stereocenters. The molecule has 1 rings (SSSR count). The van der Waals surface area contributed by atoms with Crippen molar-refractivity contribution in [1.82, 2.24) is 4.98 Å². The second-order valence-corrected chi connectivity index (χ2v) is 3.81. The molecule has 0 saturated heterocycles. The predicted octanol–water partition coefficient (Wildman–Crippen LogP) is 2.28. The Bertz CT molecular complexity index is 471. The number of esters is 1. The van der Waals surface area contributed by atoms with E-state index in [4.69, 9.17) is 5.26 Å². The quantitative estimate of drug-likeness (QED) is 0.613. The molecule has 1 aromatic rings. The summed E-state index contributed by atoms with van der Waals surface area (Å²) in [7, 11) is 1.11. The van der Waals surface area contributed by atoms with Gasteiger partial charge in [-0.15, -0.1) is 0 Å². The number of aromatic nitrogens is 1. The molecule has 84 valence electrons. The molecule has 0 radical (unpaired) electrons. The number of pyridine rings is 1. The molecule has 0 atom stereocenters. The molecular weight excluding hydrogens is 333 g/mol. The first-order valence-electron chi connectivity index (χ1n) is 3.97. The molecule has 0 aromatic carbocycles. The summed E-state index contributed by atoms with van der Waals surface area (Å²) in [4.78, 5) is 14.8. The van der Waals surface area contributed by atoms with Crippen molar-refractivity contribution in [2.24, 2.45) is 0 Å². The van der Waals surface area contributed by atoms with Crippen LogP contribution in [-0.4, -0.2) is 18.1 Å². The molecule has 0 aliphatic rings. The van der Waals surface area contributed by atoms with Gasteiger partial charge in [0.2, 0.25) is 0 Å². The van der Waals surface area contributed by atoms with E-state index in [9.17, 15) is 13.6 Å². The lowest BCUT2D eigenvalue weighted by Gasteiger charge is -2.08. The van der Waals surface area contributed by atoms with Gasteiger partial charge in [-0.1, -0.05) is 0 Å². The maximum absolute atomic E-state index is 12.5. The minimum absolute atomic E-state index is 0.170. The van der Waals surface area contributed by atoms with E-state index >= 15 is 0 Å². The average Bonchev–Trinajstić information content (AvgIpc) is 2.26. The van der Waals surface area contributed by atoms with Gasteiger partial charge >= 0.3 is 5.97 Å². The van der Waals surface area contributed by atoms with Crippen LogP contribution < -0.4 is 0 Å². The van der Waals surface area contributed by atoms with Crippen LogP contribution in [0.25, 0.3) is 0 Å². The number of methoxy groups -OCH3 is 1. The van der Waals surface area contributed by atoms with E-state index in [1.807, 2.05) is 0 Å². The van der Waals surface area contributed by atoms with Crippen molar-refractivity contribution in [2.45, 2.75) is 6.43 Å². The first kappa shape index (κ1) is 12.8.